The monoisotopic (exact) mass is 964 g/mol. The van der Waals surface area contributed by atoms with E-state index in [1.54, 1.807) is 48.0 Å². The number of benzene rings is 4. The van der Waals surface area contributed by atoms with Gasteiger partial charge >= 0.3 is 17.4 Å². The second-order valence-corrected chi connectivity index (χ2v) is 15.0. The number of hydrogen-bond acceptors (Lipinski definition) is 10. The normalized spacial score (nSPS) is 11.0. The van der Waals surface area contributed by atoms with Crippen LogP contribution in [0.4, 0.5) is 17.6 Å². The van der Waals surface area contributed by atoms with Crippen LogP contribution in [0.3, 0.4) is 0 Å². The second-order valence-electron chi connectivity index (χ2n) is 14.3. The summed E-state index contributed by atoms with van der Waals surface area (Å²) in [5.74, 6) is -2.36. The number of rotatable bonds is 12. The Labute approximate surface area is 373 Å². The molecule has 21 heteroatoms. The first kappa shape index (κ1) is 47.4. The fourth-order valence-corrected chi connectivity index (χ4v) is 7.01. The summed E-state index contributed by atoms with van der Waals surface area (Å²) in [5, 5.41) is 26.7. The van der Waals surface area contributed by atoms with Crippen LogP contribution in [0.2, 0.25) is 0 Å². The molecule has 4 aromatic heterocycles. The average molecular weight is 966 g/mol. The number of nitrogens with zero attached hydrogens (tertiary/aromatic N) is 8. The third kappa shape index (κ3) is 10.6. The summed E-state index contributed by atoms with van der Waals surface area (Å²) < 4.78 is 66.5. The molecule has 8 aromatic rings. The molecule has 0 aliphatic carbocycles. The van der Waals surface area contributed by atoms with E-state index in [0.29, 0.717) is 23.3 Å². The summed E-state index contributed by atoms with van der Waals surface area (Å²) in [6.45, 7) is 0.190. The Bertz CT molecular complexity index is 3180. The highest BCUT2D eigenvalue weighted by Gasteiger charge is 2.23. The van der Waals surface area contributed by atoms with Crippen LogP contribution in [-0.4, -0.2) is 65.9 Å². The molecule has 0 spiro atoms. The molecule has 0 aliphatic heterocycles. The Balaban J connectivity index is 0.000000188. The van der Waals surface area contributed by atoms with Crippen molar-refractivity contribution in [3.63, 3.8) is 0 Å². The largest absolute Gasteiger partial charge is 0.505 e. The molecule has 0 aliphatic rings. The number of aliphatic hydroxyl groups excluding tert-OH is 2. The molecular formula is C44H41BrF4N8O8. The van der Waals surface area contributed by atoms with Gasteiger partial charge in [-0.05, 0) is 88.4 Å². The van der Waals surface area contributed by atoms with Crippen LogP contribution < -0.4 is 27.2 Å². The lowest BCUT2D eigenvalue weighted by Crippen LogP contribution is -2.39. The van der Waals surface area contributed by atoms with Crippen molar-refractivity contribution >= 4 is 38.3 Å². The van der Waals surface area contributed by atoms with Crippen molar-refractivity contribution in [2.24, 2.45) is 14.1 Å². The van der Waals surface area contributed by atoms with Crippen LogP contribution in [-0.2, 0) is 40.3 Å². The average Bonchev–Trinajstić information content (AvgIpc) is 3.82. The van der Waals surface area contributed by atoms with Gasteiger partial charge in [0.25, 0.3) is 11.1 Å². The van der Waals surface area contributed by atoms with E-state index in [1.165, 1.54) is 81.4 Å². The summed E-state index contributed by atoms with van der Waals surface area (Å²) in [6.07, 6.45) is 0.513. The van der Waals surface area contributed by atoms with E-state index >= 15 is 0 Å². The highest BCUT2D eigenvalue weighted by molar-refractivity contribution is 9.10. The molecule has 340 valence electrons. The van der Waals surface area contributed by atoms with Gasteiger partial charge in [0.05, 0.1) is 13.1 Å². The number of para-hydroxylation sites is 2. The number of fused-ring (bicyclic) bond motifs is 2. The van der Waals surface area contributed by atoms with Gasteiger partial charge in [0, 0.05) is 40.4 Å². The Hall–Kier alpha value is -7.10. The number of aryl methyl sites for hydroxylation is 2. The molecule has 0 fully saturated rings. The van der Waals surface area contributed by atoms with Crippen LogP contribution >= 0.6 is 15.9 Å². The molecule has 0 unspecified atom stereocenters. The molecule has 65 heavy (non-hydrogen) atoms. The third-order valence-electron chi connectivity index (χ3n) is 9.86. The van der Waals surface area contributed by atoms with Crippen molar-refractivity contribution in [2.75, 3.05) is 13.2 Å². The van der Waals surface area contributed by atoms with Gasteiger partial charge in [-0.3, -0.25) is 32.4 Å². The number of phenolic OH excluding ortho intramolecular Hbond substituents is 1. The summed E-state index contributed by atoms with van der Waals surface area (Å²) in [6, 6.07) is 22.8. The van der Waals surface area contributed by atoms with Crippen LogP contribution in [0.15, 0.2) is 121 Å². The molecule has 0 saturated heterocycles. The van der Waals surface area contributed by atoms with Gasteiger partial charge in [0.1, 0.15) is 11.6 Å². The number of ether oxygens (including phenoxy) is 1. The minimum atomic E-state index is -0.623. The predicted molar refractivity (Wildman–Crippen MR) is 235 cm³/mol. The Morgan fingerprint density at radius 3 is 1.49 bits per heavy atom. The highest BCUT2D eigenvalue weighted by Crippen LogP contribution is 2.27. The number of imidazole rings is 2. The summed E-state index contributed by atoms with van der Waals surface area (Å²) >= 11 is 3.33. The van der Waals surface area contributed by atoms with E-state index in [0.717, 1.165) is 14.7 Å². The van der Waals surface area contributed by atoms with Gasteiger partial charge < -0.3 is 24.6 Å². The fourth-order valence-electron chi connectivity index (χ4n) is 6.54. The number of aromatic nitrogens is 8. The van der Waals surface area contributed by atoms with Crippen molar-refractivity contribution in [3.8, 4) is 17.5 Å². The van der Waals surface area contributed by atoms with Crippen LogP contribution in [0, 0.1) is 23.3 Å². The molecular weight excluding hydrogens is 924 g/mol. The van der Waals surface area contributed by atoms with E-state index in [9.17, 15) is 36.7 Å². The second kappa shape index (κ2) is 21.1. The minimum Gasteiger partial charge on any atom is -0.505 e. The molecule has 3 N–H and O–H groups in total. The Morgan fingerprint density at radius 2 is 1.03 bits per heavy atom. The topological polar surface area (TPSA) is 194 Å². The first-order chi connectivity index (χ1) is 31.1. The van der Waals surface area contributed by atoms with E-state index in [4.69, 9.17) is 20.1 Å². The first-order valence-corrected chi connectivity index (χ1v) is 20.6. The maximum Gasteiger partial charge on any atom is 0.332 e. The van der Waals surface area contributed by atoms with Crippen LogP contribution in [0.1, 0.15) is 24.0 Å². The van der Waals surface area contributed by atoms with E-state index in [2.05, 4.69) is 25.9 Å². The smallest absolute Gasteiger partial charge is 0.332 e. The molecule has 8 rings (SSSR count). The van der Waals surface area contributed by atoms with Gasteiger partial charge in [-0.15, -0.1) is 0 Å². The van der Waals surface area contributed by atoms with Gasteiger partial charge in [0.2, 0.25) is 0 Å². The number of hydrogen-bond donors (Lipinski definition) is 3. The summed E-state index contributed by atoms with van der Waals surface area (Å²) in [5.41, 5.74) is -0.0585. The van der Waals surface area contributed by atoms with Crippen molar-refractivity contribution in [3.05, 3.63) is 178 Å². The molecule has 4 heterocycles. The van der Waals surface area contributed by atoms with Gasteiger partial charge in [-0.2, -0.15) is 4.98 Å². The standard InChI is InChI=1S/C22H20F2N4O4.C16H16BrFN4O3.C6H5FO/c1-26-19-18(20(30)27(22(26)31)11-4-12-29)28(13-14-7-9-15(23)10-8-14)21(25-19)32-17-6-3-2-5-16(17)24;1-20-13-12(14(24)21(16(20)25)7-2-8-23)22(15(17)19-13)9-10-3-5-11(18)6-4-10;7-5-3-1-2-4-6(5)8/h2-3,5-10,29H,4,11-13H2,1H3;3-6,23H,2,7-9H2,1H3;1-4,8H. The van der Waals surface area contributed by atoms with E-state index in [-0.39, 0.29) is 84.9 Å². The number of halogens is 5. The van der Waals surface area contributed by atoms with E-state index < -0.39 is 39.9 Å². The zero-order valence-corrected chi connectivity index (χ0v) is 36.3. The molecule has 0 radical (unpaired) electrons. The Morgan fingerprint density at radius 1 is 0.585 bits per heavy atom. The van der Waals surface area contributed by atoms with Gasteiger partial charge in [0.15, 0.2) is 50.2 Å². The molecule has 16 nitrogen and oxygen atoms in total. The van der Waals surface area contributed by atoms with Crippen molar-refractivity contribution in [1.82, 2.24) is 37.4 Å². The third-order valence-corrected chi connectivity index (χ3v) is 10.5. The fraction of sp³-hybridized carbons (Fsp3) is 0.227. The van der Waals surface area contributed by atoms with Crippen molar-refractivity contribution in [2.45, 2.75) is 39.0 Å². The molecule has 0 amide bonds. The quantitative estimate of drug-likeness (QED) is 0.109. The summed E-state index contributed by atoms with van der Waals surface area (Å²) in [4.78, 5) is 59.7. The summed E-state index contributed by atoms with van der Waals surface area (Å²) in [7, 11) is 3.00. The van der Waals surface area contributed by atoms with Gasteiger partial charge in [-0.1, -0.05) is 48.5 Å². The molecule has 4 aromatic carbocycles. The number of aromatic hydroxyl groups is 1. The van der Waals surface area contributed by atoms with Crippen LogP contribution in [0.5, 0.6) is 17.5 Å². The van der Waals surface area contributed by atoms with Crippen LogP contribution in [0.25, 0.3) is 22.3 Å². The van der Waals surface area contributed by atoms with Crippen molar-refractivity contribution in [1.29, 1.82) is 0 Å². The lowest BCUT2D eigenvalue weighted by Gasteiger charge is -2.11. The lowest BCUT2D eigenvalue weighted by molar-refractivity contribution is 0.277. The predicted octanol–water partition coefficient (Wildman–Crippen LogP) is 5.16. The Kier molecular flexibility index (Phi) is 15.3. The lowest BCUT2D eigenvalue weighted by atomic mass is 10.2. The molecule has 0 saturated carbocycles. The zero-order chi connectivity index (χ0) is 46.9. The number of phenols is 1. The SMILES string of the molecule is Cn1c(=O)n(CCCO)c(=O)c2c1nc(Br)n2Cc1ccc(F)cc1.Cn1c(=O)n(CCCO)c(=O)c2c1nc(Oc1ccccc1F)n2Cc1ccc(F)cc1.Oc1ccccc1F. The molecule has 0 bridgehead atoms. The molecule has 0 atom stereocenters. The van der Waals surface area contributed by atoms with Crippen molar-refractivity contribution < 1.29 is 37.6 Å². The van der Waals surface area contributed by atoms with E-state index in [1.807, 2.05) is 0 Å². The van der Waals surface area contributed by atoms with Gasteiger partial charge in [-0.25, -0.2) is 32.1 Å². The minimum absolute atomic E-state index is 0.0170. The number of aliphatic hydroxyl groups is 2. The highest BCUT2D eigenvalue weighted by atomic mass is 79.9. The zero-order valence-electron chi connectivity index (χ0n) is 34.7. The first-order valence-electron chi connectivity index (χ1n) is 19.8. The maximum atomic E-state index is 14.2. The maximum absolute atomic E-state index is 14.2.